The van der Waals surface area contributed by atoms with E-state index < -0.39 is 0 Å². The van der Waals surface area contributed by atoms with Crippen LogP contribution in [0.1, 0.15) is 5.56 Å². The minimum atomic E-state index is 0.227. The Balaban J connectivity index is 2.07. The van der Waals surface area contributed by atoms with Crippen LogP contribution in [-0.2, 0) is 6.61 Å². The lowest BCUT2D eigenvalue weighted by atomic mass is 10.2. The maximum absolute atomic E-state index is 9.17. The first-order valence-corrected chi connectivity index (χ1v) is 6.22. The second-order valence-electron chi connectivity index (χ2n) is 3.74. The van der Waals surface area contributed by atoms with Crippen molar-refractivity contribution in [1.82, 2.24) is 0 Å². The van der Waals surface area contributed by atoms with Crippen LogP contribution in [0.25, 0.3) is 0 Å². The molecule has 0 saturated heterocycles. The highest BCUT2D eigenvalue weighted by atomic mass is 79.9. The molecular weight excluding hydrogens is 296 g/mol. The van der Waals surface area contributed by atoms with E-state index >= 15 is 0 Å². The molecule has 0 amide bonds. The van der Waals surface area contributed by atoms with Gasteiger partial charge in [-0.25, -0.2) is 0 Å². The summed E-state index contributed by atoms with van der Waals surface area (Å²) in [4.78, 5) is 0. The van der Waals surface area contributed by atoms with Gasteiger partial charge < -0.3 is 14.6 Å². The molecule has 0 aliphatic carbocycles. The van der Waals surface area contributed by atoms with Gasteiger partial charge in [-0.3, -0.25) is 0 Å². The van der Waals surface area contributed by atoms with E-state index in [1.807, 2.05) is 18.2 Å². The maximum atomic E-state index is 9.17. The van der Waals surface area contributed by atoms with Gasteiger partial charge in [-0.2, -0.15) is 0 Å². The van der Waals surface area contributed by atoms with Crippen LogP contribution in [-0.4, -0.2) is 12.2 Å². The summed E-state index contributed by atoms with van der Waals surface area (Å²) in [6, 6.07) is 12.4. The van der Waals surface area contributed by atoms with Crippen LogP contribution in [0.2, 0.25) is 0 Å². The number of hydrogen-bond donors (Lipinski definition) is 1. The molecular formula is C14H13BrO3. The van der Waals surface area contributed by atoms with Gasteiger partial charge in [0.05, 0.1) is 7.11 Å². The van der Waals surface area contributed by atoms with Crippen molar-refractivity contribution >= 4 is 15.9 Å². The van der Waals surface area contributed by atoms with Crippen molar-refractivity contribution in [2.45, 2.75) is 6.61 Å². The number of methoxy groups -OCH3 is 1. The van der Waals surface area contributed by atoms with E-state index in [0.29, 0.717) is 12.4 Å². The molecule has 94 valence electrons. The summed E-state index contributed by atoms with van der Waals surface area (Å²) in [5, 5.41) is 9.17. The molecule has 1 N–H and O–H groups in total. The molecule has 3 nitrogen and oxygen atoms in total. The number of halogens is 1. The standard InChI is InChI=1S/C14H13BrO3/c1-17-13-6-7-14(15)10(8-13)9-18-12-4-2-11(16)3-5-12/h2-8,16H,9H2,1H3. The van der Waals surface area contributed by atoms with Crippen LogP contribution in [0, 0.1) is 0 Å². The summed E-state index contributed by atoms with van der Waals surface area (Å²) in [5.41, 5.74) is 1.00. The van der Waals surface area contributed by atoms with Crippen LogP contribution in [0.4, 0.5) is 0 Å². The van der Waals surface area contributed by atoms with Crippen molar-refractivity contribution < 1.29 is 14.6 Å². The van der Waals surface area contributed by atoms with Gasteiger partial charge in [0.15, 0.2) is 0 Å². The van der Waals surface area contributed by atoms with Gasteiger partial charge in [-0.15, -0.1) is 0 Å². The van der Waals surface area contributed by atoms with E-state index in [-0.39, 0.29) is 5.75 Å². The molecule has 2 aromatic rings. The van der Waals surface area contributed by atoms with Crippen molar-refractivity contribution in [3.05, 3.63) is 52.5 Å². The van der Waals surface area contributed by atoms with Crippen molar-refractivity contribution in [3.8, 4) is 17.2 Å². The monoisotopic (exact) mass is 308 g/mol. The minimum absolute atomic E-state index is 0.227. The third-order valence-corrected chi connectivity index (χ3v) is 3.26. The van der Waals surface area contributed by atoms with Crippen LogP contribution >= 0.6 is 15.9 Å². The van der Waals surface area contributed by atoms with E-state index in [0.717, 1.165) is 15.8 Å². The van der Waals surface area contributed by atoms with Crippen molar-refractivity contribution in [2.75, 3.05) is 7.11 Å². The first-order valence-electron chi connectivity index (χ1n) is 5.43. The normalized spacial score (nSPS) is 10.1. The lowest BCUT2D eigenvalue weighted by molar-refractivity contribution is 0.304. The molecule has 0 saturated carbocycles. The molecule has 0 fully saturated rings. The molecule has 0 unspecified atom stereocenters. The Morgan fingerprint density at radius 2 is 1.72 bits per heavy atom. The number of benzene rings is 2. The summed E-state index contributed by atoms with van der Waals surface area (Å²) in [5.74, 6) is 1.73. The zero-order valence-electron chi connectivity index (χ0n) is 9.89. The van der Waals surface area contributed by atoms with Gasteiger partial charge in [0.1, 0.15) is 23.9 Å². The Hall–Kier alpha value is -1.68. The fraction of sp³-hybridized carbons (Fsp3) is 0.143. The summed E-state index contributed by atoms with van der Waals surface area (Å²) >= 11 is 3.47. The minimum Gasteiger partial charge on any atom is -0.508 e. The Morgan fingerprint density at radius 1 is 1.06 bits per heavy atom. The molecule has 2 rings (SSSR count). The average Bonchev–Trinajstić information content (AvgIpc) is 2.40. The number of phenolic OH excluding ortho intramolecular Hbond substituents is 1. The lowest BCUT2D eigenvalue weighted by Crippen LogP contribution is -1.97. The predicted octanol–water partition coefficient (Wildman–Crippen LogP) is 3.74. The predicted molar refractivity (Wildman–Crippen MR) is 73.1 cm³/mol. The Bertz CT molecular complexity index is 523. The highest BCUT2D eigenvalue weighted by Crippen LogP contribution is 2.24. The molecule has 0 bridgehead atoms. The van der Waals surface area contributed by atoms with Crippen molar-refractivity contribution in [1.29, 1.82) is 0 Å². The van der Waals surface area contributed by atoms with E-state index in [9.17, 15) is 5.11 Å². The molecule has 0 heterocycles. The van der Waals surface area contributed by atoms with Crippen LogP contribution < -0.4 is 9.47 Å². The van der Waals surface area contributed by atoms with Gasteiger partial charge in [0, 0.05) is 10.0 Å². The second kappa shape index (κ2) is 5.78. The Morgan fingerprint density at radius 3 is 2.39 bits per heavy atom. The highest BCUT2D eigenvalue weighted by molar-refractivity contribution is 9.10. The zero-order chi connectivity index (χ0) is 13.0. The second-order valence-corrected chi connectivity index (χ2v) is 4.59. The first-order chi connectivity index (χ1) is 8.69. The van der Waals surface area contributed by atoms with E-state index in [1.54, 1.807) is 31.4 Å². The smallest absolute Gasteiger partial charge is 0.120 e. The first kappa shape index (κ1) is 12.8. The topological polar surface area (TPSA) is 38.7 Å². The molecule has 0 radical (unpaired) electrons. The van der Waals surface area contributed by atoms with E-state index in [1.165, 1.54) is 0 Å². The molecule has 0 spiro atoms. The van der Waals surface area contributed by atoms with E-state index in [4.69, 9.17) is 9.47 Å². The number of phenols is 1. The third-order valence-electron chi connectivity index (χ3n) is 2.48. The molecule has 0 aliphatic heterocycles. The SMILES string of the molecule is COc1ccc(Br)c(COc2ccc(O)cc2)c1. The van der Waals surface area contributed by atoms with E-state index in [2.05, 4.69) is 15.9 Å². The van der Waals surface area contributed by atoms with Gasteiger partial charge in [-0.1, -0.05) is 15.9 Å². The molecule has 4 heteroatoms. The summed E-state index contributed by atoms with van der Waals surface area (Å²) in [6.45, 7) is 0.433. The van der Waals surface area contributed by atoms with Crippen molar-refractivity contribution in [3.63, 3.8) is 0 Å². The summed E-state index contributed by atoms with van der Waals surface area (Å²) in [7, 11) is 1.63. The quantitative estimate of drug-likeness (QED) is 0.935. The lowest BCUT2D eigenvalue weighted by Gasteiger charge is -2.09. The molecule has 2 aromatic carbocycles. The number of hydrogen-bond acceptors (Lipinski definition) is 3. The average molecular weight is 309 g/mol. The van der Waals surface area contributed by atoms with Crippen LogP contribution in [0.5, 0.6) is 17.2 Å². The largest absolute Gasteiger partial charge is 0.508 e. The van der Waals surface area contributed by atoms with Gasteiger partial charge in [-0.05, 0) is 42.5 Å². The Kier molecular flexibility index (Phi) is 4.10. The molecule has 18 heavy (non-hydrogen) atoms. The number of rotatable bonds is 4. The van der Waals surface area contributed by atoms with Crippen molar-refractivity contribution in [2.24, 2.45) is 0 Å². The number of ether oxygens (including phenoxy) is 2. The third kappa shape index (κ3) is 3.17. The van der Waals surface area contributed by atoms with Gasteiger partial charge >= 0.3 is 0 Å². The highest BCUT2D eigenvalue weighted by Gasteiger charge is 2.03. The van der Waals surface area contributed by atoms with Crippen LogP contribution in [0.3, 0.4) is 0 Å². The fourth-order valence-electron chi connectivity index (χ4n) is 1.49. The molecule has 0 atom stereocenters. The fourth-order valence-corrected chi connectivity index (χ4v) is 1.85. The van der Waals surface area contributed by atoms with Gasteiger partial charge in [0.2, 0.25) is 0 Å². The molecule has 0 aliphatic rings. The maximum Gasteiger partial charge on any atom is 0.120 e. The number of aromatic hydroxyl groups is 1. The van der Waals surface area contributed by atoms with Crippen LogP contribution in [0.15, 0.2) is 46.9 Å². The summed E-state index contributed by atoms with van der Waals surface area (Å²) in [6.07, 6.45) is 0. The Labute approximate surface area is 114 Å². The summed E-state index contributed by atoms with van der Waals surface area (Å²) < 4.78 is 11.8. The zero-order valence-corrected chi connectivity index (χ0v) is 11.5. The molecule has 0 aromatic heterocycles. The van der Waals surface area contributed by atoms with Gasteiger partial charge in [0.25, 0.3) is 0 Å².